The van der Waals surface area contributed by atoms with Crippen LogP contribution in [0.3, 0.4) is 0 Å². The molecule has 196 valence electrons. The summed E-state index contributed by atoms with van der Waals surface area (Å²) >= 11 is 0. The van der Waals surface area contributed by atoms with Crippen LogP contribution in [0.2, 0.25) is 0 Å². The maximum absolute atomic E-state index is 14.8. The van der Waals surface area contributed by atoms with Crippen molar-refractivity contribution >= 4 is 23.1 Å². The third kappa shape index (κ3) is 6.07. The van der Waals surface area contributed by atoms with Gasteiger partial charge in [-0.1, -0.05) is 13.3 Å². The Morgan fingerprint density at radius 3 is 2.35 bits per heavy atom. The number of aromatic nitrogens is 2. The number of anilines is 3. The average molecular weight is 513 g/mol. The highest BCUT2D eigenvalue weighted by Crippen LogP contribution is 2.33. The number of aryl methyl sites for hydroxylation is 1. The lowest BCUT2D eigenvalue weighted by Crippen LogP contribution is -2.33. The molecule has 2 aromatic carbocycles. The number of rotatable bonds is 10. The molecule has 4 rings (SSSR count). The van der Waals surface area contributed by atoms with E-state index in [1.807, 2.05) is 25.1 Å². The van der Waals surface area contributed by atoms with Crippen molar-refractivity contribution in [1.82, 2.24) is 9.97 Å². The highest BCUT2D eigenvalue weighted by molar-refractivity contribution is 5.81. The van der Waals surface area contributed by atoms with Crippen molar-refractivity contribution in [2.24, 2.45) is 0 Å². The molecule has 1 N–H and O–H groups in total. The number of carbonyl (C=O) groups is 1. The highest BCUT2D eigenvalue weighted by atomic mass is 19.1. The van der Waals surface area contributed by atoms with E-state index in [1.54, 1.807) is 7.11 Å². The lowest BCUT2D eigenvalue weighted by Gasteiger charge is -2.29. The third-order valence-corrected chi connectivity index (χ3v) is 6.18. The number of hydrogen-bond donors (Lipinski definition) is 1. The Morgan fingerprint density at radius 2 is 1.70 bits per heavy atom. The lowest BCUT2D eigenvalue weighted by molar-refractivity contribution is -0.119. The summed E-state index contributed by atoms with van der Waals surface area (Å²) in [6, 6.07) is 7.03. The molecule has 1 aliphatic rings. The normalized spacial score (nSPS) is 13.4. The molecule has 1 aromatic heterocycles. The van der Waals surface area contributed by atoms with Gasteiger partial charge in [0.1, 0.15) is 24.0 Å². The predicted molar refractivity (Wildman–Crippen MR) is 136 cm³/mol. The van der Waals surface area contributed by atoms with Gasteiger partial charge in [-0.05, 0) is 30.2 Å². The van der Waals surface area contributed by atoms with E-state index >= 15 is 0 Å². The summed E-state index contributed by atoms with van der Waals surface area (Å²) in [5, 5.41) is 3.10. The summed E-state index contributed by atoms with van der Waals surface area (Å²) in [5.74, 6) is 0.0867. The van der Waals surface area contributed by atoms with Gasteiger partial charge in [0.05, 0.1) is 37.9 Å². The first-order chi connectivity index (χ1) is 17.9. The first-order valence-corrected chi connectivity index (χ1v) is 12.1. The van der Waals surface area contributed by atoms with E-state index in [2.05, 4.69) is 20.2 Å². The SMILES string of the molecule is CCCc1cc(OC)c(F)c(COc2cnc(Nc3ccc(N4CCC(=O)CC4)c(OC)c3)nc2)c1F. The fraction of sp³-hybridized carbons (Fsp3) is 0.370. The minimum absolute atomic E-state index is 0.0190. The van der Waals surface area contributed by atoms with Gasteiger partial charge in [0.25, 0.3) is 0 Å². The lowest BCUT2D eigenvalue weighted by atomic mass is 10.0. The largest absolute Gasteiger partial charge is 0.495 e. The molecule has 0 aliphatic carbocycles. The number of benzene rings is 2. The first kappa shape index (κ1) is 26.1. The van der Waals surface area contributed by atoms with Crippen LogP contribution in [0.1, 0.15) is 37.3 Å². The van der Waals surface area contributed by atoms with Crippen LogP contribution < -0.4 is 24.4 Å². The number of hydrogen-bond acceptors (Lipinski definition) is 8. The van der Waals surface area contributed by atoms with Gasteiger partial charge in [-0.25, -0.2) is 18.7 Å². The smallest absolute Gasteiger partial charge is 0.227 e. The molecule has 0 radical (unpaired) electrons. The minimum atomic E-state index is -0.785. The number of methoxy groups -OCH3 is 2. The first-order valence-electron chi connectivity index (χ1n) is 12.1. The molecule has 0 unspecified atom stereocenters. The molecule has 1 aliphatic heterocycles. The summed E-state index contributed by atoms with van der Waals surface area (Å²) in [6.07, 6.45) is 5.08. The fourth-order valence-electron chi connectivity index (χ4n) is 4.20. The van der Waals surface area contributed by atoms with Gasteiger partial charge in [-0.15, -0.1) is 0 Å². The molecule has 0 saturated carbocycles. The number of nitrogens with one attached hydrogen (secondary N) is 1. The standard InChI is InChI=1S/C27H30F2N4O4/c1-4-5-17-12-24(36-3)26(29)21(25(17)28)16-37-20-14-30-27(31-15-20)32-18-6-7-22(23(13-18)35-2)33-10-8-19(34)9-11-33/h6-7,12-15H,4-5,8-11,16H2,1-3H3,(H,30,31,32). The summed E-state index contributed by atoms with van der Waals surface area (Å²) < 4.78 is 45.7. The molecule has 8 nitrogen and oxygen atoms in total. The van der Waals surface area contributed by atoms with E-state index in [-0.39, 0.29) is 29.5 Å². The van der Waals surface area contributed by atoms with Crippen LogP contribution in [0.4, 0.5) is 26.1 Å². The van der Waals surface area contributed by atoms with Gasteiger partial charge in [0.15, 0.2) is 17.3 Å². The van der Waals surface area contributed by atoms with Crippen molar-refractivity contribution in [3.05, 3.63) is 59.4 Å². The zero-order valence-corrected chi connectivity index (χ0v) is 21.1. The van der Waals surface area contributed by atoms with E-state index in [1.165, 1.54) is 25.6 Å². The van der Waals surface area contributed by atoms with E-state index in [4.69, 9.17) is 14.2 Å². The molecule has 10 heteroatoms. The molecule has 2 heterocycles. The molecule has 0 atom stereocenters. The molecule has 0 amide bonds. The van der Waals surface area contributed by atoms with Crippen molar-refractivity contribution in [3.63, 3.8) is 0 Å². The maximum atomic E-state index is 14.8. The summed E-state index contributed by atoms with van der Waals surface area (Å²) in [7, 11) is 2.94. The van der Waals surface area contributed by atoms with Gasteiger partial charge in [-0.2, -0.15) is 0 Å². The highest BCUT2D eigenvalue weighted by Gasteiger charge is 2.21. The van der Waals surface area contributed by atoms with E-state index in [0.717, 1.165) is 5.69 Å². The Hall–Kier alpha value is -3.95. The summed E-state index contributed by atoms with van der Waals surface area (Å²) in [6.45, 7) is 2.91. The number of carbonyl (C=O) groups excluding carboxylic acids is 1. The zero-order valence-electron chi connectivity index (χ0n) is 21.1. The Kier molecular flexibility index (Phi) is 8.37. The van der Waals surface area contributed by atoms with Crippen molar-refractivity contribution < 1.29 is 27.8 Å². The van der Waals surface area contributed by atoms with Crippen molar-refractivity contribution in [3.8, 4) is 17.2 Å². The van der Waals surface area contributed by atoms with Crippen LogP contribution in [0, 0.1) is 11.6 Å². The van der Waals surface area contributed by atoms with Crippen molar-refractivity contribution in [2.45, 2.75) is 39.2 Å². The second-order valence-corrected chi connectivity index (χ2v) is 8.66. The van der Waals surface area contributed by atoms with E-state index in [9.17, 15) is 13.6 Å². The number of ketones is 1. The van der Waals surface area contributed by atoms with Gasteiger partial charge in [-0.3, -0.25) is 4.79 Å². The summed E-state index contributed by atoms with van der Waals surface area (Å²) in [5.41, 5.74) is 1.82. The number of piperidine rings is 1. The van der Waals surface area contributed by atoms with Crippen LogP contribution in [0.5, 0.6) is 17.2 Å². The zero-order chi connectivity index (χ0) is 26.4. The quantitative estimate of drug-likeness (QED) is 0.396. The van der Waals surface area contributed by atoms with Crippen LogP contribution in [-0.4, -0.2) is 43.1 Å². The van der Waals surface area contributed by atoms with Crippen LogP contribution in [0.25, 0.3) is 0 Å². The van der Waals surface area contributed by atoms with Crippen LogP contribution in [-0.2, 0) is 17.8 Å². The van der Waals surface area contributed by atoms with Gasteiger partial charge in [0.2, 0.25) is 5.95 Å². The van der Waals surface area contributed by atoms with Gasteiger partial charge < -0.3 is 24.4 Å². The van der Waals surface area contributed by atoms with Crippen molar-refractivity contribution in [2.75, 3.05) is 37.5 Å². The number of Topliss-reactive ketones (excluding diaryl/α,β-unsaturated/α-hetero) is 1. The Labute approximate surface area is 214 Å². The Morgan fingerprint density at radius 1 is 1.00 bits per heavy atom. The second-order valence-electron chi connectivity index (χ2n) is 8.66. The average Bonchev–Trinajstić information content (AvgIpc) is 2.91. The Bertz CT molecular complexity index is 1240. The minimum Gasteiger partial charge on any atom is -0.495 e. The molecule has 37 heavy (non-hydrogen) atoms. The predicted octanol–water partition coefficient (Wildman–Crippen LogP) is 5.22. The molecule has 0 bridgehead atoms. The van der Waals surface area contributed by atoms with E-state index < -0.39 is 11.6 Å². The maximum Gasteiger partial charge on any atom is 0.227 e. The van der Waals surface area contributed by atoms with E-state index in [0.29, 0.717) is 61.7 Å². The second kappa shape index (κ2) is 11.9. The molecule has 1 saturated heterocycles. The topological polar surface area (TPSA) is 85.8 Å². The molecule has 1 fully saturated rings. The van der Waals surface area contributed by atoms with Crippen LogP contribution in [0.15, 0.2) is 36.7 Å². The van der Waals surface area contributed by atoms with Crippen molar-refractivity contribution in [1.29, 1.82) is 0 Å². The molecular formula is C27H30F2N4O4. The van der Waals surface area contributed by atoms with Gasteiger partial charge >= 0.3 is 0 Å². The molecule has 3 aromatic rings. The molecular weight excluding hydrogens is 482 g/mol. The van der Waals surface area contributed by atoms with Gasteiger partial charge in [0, 0.05) is 37.7 Å². The number of ether oxygens (including phenoxy) is 3. The third-order valence-electron chi connectivity index (χ3n) is 6.18. The monoisotopic (exact) mass is 512 g/mol. The summed E-state index contributed by atoms with van der Waals surface area (Å²) in [4.78, 5) is 22.2. The Balaban J connectivity index is 1.42. The number of halogens is 2. The fourth-order valence-corrected chi connectivity index (χ4v) is 4.20. The number of nitrogens with zero attached hydrogens (tertiary/aromatic N) is 3. The molecule has 0 spiro atoms. The van der Waals surface area contributed by atoms with Crippen LogP contribution >= 0.6 is 0 Å².